The molecule has 0 radical (unpaired) electrons. The van der Waals surface area contributed by atoms with Gasteiger partial charge in [0.2, 0.25) is 5.91 Å². The van der Waals surface area contributed by atoms with E-state index in [4.69, 9.17) is 0 Å². The number of nitrogens with one attached hydrogen (secondary N) is 1. The number of amides is 1. The van der Waals surface area contributed by atoms with E-state index >= 15 is 0 Å². The second-order valence-electron chi connectivity index (χ2n) is 1.66. The molecule has 0 aromatic rings. The van der Waals surface area contributed by atoms with E-state index in [-0.39, 0.29) is 11.9 Å². The van der Waals surface area contributed by atoms with Crippen LogP contribution in [-0.4, -0.2) is 11.9 Å². The second-order valence-corrected chi connectivity index (χ2v) is 1.66. The maximum atomic E-state index is 10.3. The van der Waals surface area contributed by atoms with Gasteiger partial charge in [-0.1, -0.05) is 6.08 Å². The van der Waals surface area contributed by atoms with E-state index in [1.807, 2.05) is 13.0 Å². The van der Waals surface area contributed by atoms with Crippen molar-refractivity contribution >= 4 is 5.91 Å². The molecular weight excluding hydrogens is 90.1 g/mol. The van der Waals surface area contributed by atoms with Crippen molar-refractivity contribution in [3.8, 4) is 0 Å². The predicted octanol–water partition coefficient (Wildman–Crippen LogP) is 0.0609. The van der Waals surface area contributed by atoms with E-state index in [2.05, 4.69) is 5.32 Å². The minimum absolute atomic E-state index is 0.0208. The van der Waals surface area contributed by atoms with E-state index < -0.39 is 0 Å². The molecule has 7 heavy (non-hydrogen) atoms. The van der Waals surface area contributed by atoms with Crippen LogP contribution in [0, 0.1) is 0 Å². The van der Waals surface area contributed by atoms with Crippen LogP contribution < -0.4 is 5.32 Å². The van der Waals surface area contributed by atoms with Gasteiger partial charge in [0.15, 0.2) is 0 Å². The first-order valence-corrected chi connectivity index (χ1v) is 2.28. The Morgan fingerprint density at radius 1 is 1.86 bits per heavy atom. The molecule has 0 fully saturated rings. The number of carbonyl (C=O) groups is 1. The lowest BCUT2D eigenvalue weighted by Gasteiger charge is -1.95. The van der Waals surface area contributed by atoms with Crippen LogP contribution in [0.5, 0.6) is 0 Å². The van der Waals surface area contributed by atoms with Crippen LogP contribution in [0.15, 0.2) is 12.2 Å². The van der Waals surface area contributed by atoms with Crippen LogP contribution in [0.4, 0.5) is 0 Å². The molecule has 1 amide bonds. The molecule has 0 spiro atoms. The van der Waals surface area contributed by atoms with Gasteiger partial charge in [-0.05, 0) is 6.92 Å². The first kappa shape index (κ1) is 4.37. The topological polar surface area (TPSA) is 29.1 Å². The van der Waals surface area contributed by atoms with Crippen molar-refractivity contribution in [2.24, 2.45) is 0 Å². The van der Waals surface area contributed by atoms with Crippen molar-refractivity contribution in [2.45, 2.75) is 13.0 Å². The van der Waals surface area contributed by atoms with E-state index in [0.717, 1.165) is 0 Å². The zero-order valence-corrected chi connectivity index (χ0v) is 4.14. The molecule has 2 heteroatoms. The van der Waals surface area contributed by atoms with Gasteiger partial charge in [0, 0.05) is 12.1 Å². The maximum absolute atomic E-state index is 10.3. The van der Waals surface area contributed by atoms with E-state index in [0.29, 0.717) is 0 Å². The summed E-state index contributed by atoms with van der Waals surface area (Å²) in [5.74, 6) is 0.0208. The van der Waals surface area contributed by atoms with Gasteiger partial charge in [-0.2, -0.15) is 0 Å². The summed E-state index contributed by atoms with van der Waals surface area (Å²) >= 11 is 0. The smallest absolute Gasteiger partial charge is 0.244 e. The van der Waals surface area contributed by atoms with Gasteiger partial charge in [-0.15, -0.1) is 0 Å². The minimum atomic E-state index is 0.0208. The summed E-state index contributed by atoms with van der Waals surface area (Å²) in [4.78, 5) is 10.3. The zero-order valence-electron chi connectivity index (χ0n) is 4.14. The number of hydrogen-bond donors (Lipinski definition) is 1. The first-order chi connectivity index (χ1) is 3.29. The molecule has 0 aliphatic carbocycles. The van der Waals surface area contributed by atoms with Gasteiger partial charge < -0.3 is 5.32 Å². The molecule has 1 heterocycles. The van der Waals surface area contributed by atoms with Crippen molar-refractivity contribution in [1.29, 1.82) is 0 Å². The zero-order chi connectivity index (χ0) is 5.28. The van der Waals surface area contributed by atoms with Gasteiger partial charge in [0.1, 0.15) is 0 Å². The Balaban J connectivity index is 2.58. The Morgan fingerprint density at radius 3 is 2.71 bits per heavy atom. The number of carbonyl (C=O) groups excluding carboxylic acids is 1. The SMILES string of the molecule is C[C@H]1C=CC(=O)N1. The highest BCUT2D eigenvalue weighted by molar-refractivity contribution is 5.90. The quantitative estimate of drug-likeness (QED) is 0.455. The molecule has 1 rings (SSSR count). The largest absolute Gasteiger partial charge is 0.347 e. The molecule has 0 unspecified atom stereocenters. The van der Waals surface area contributed by atoms with Crippen LogP contribution in [-0.2, 0) is 4.79 Å². The van der Waals surface area contributed by atoms with Crippen LogP contribution in [0.25, 0.3) is 0 Å². The molecule has 1 aliphatic rings. The molecule has 2 nitrogen and oxygen atoms in total. The fourth-order valence-corrected chi connectivity index (χ4v) is 0.552. The minimum Gasteiger partial charge on any atom is -0.347 e. The molecule has 1 atom stereocenters. The highest BCUT2D eigenvalue weighted by Gasteiger charge is 2.06. The first-order valence-electron chi connectivity index (χ1n) is 2.28. The molecule has 0 saturated carbocycles. The average molecular weight is 97.1 g/mol. The van der Waals surface area contributed by atoms with Gasteiger partial charge in [-0.25, -0.2) is 0 Å². The average Bonchev–Trinajstić information content (AvgIpc) is 1.87. The molecule has 38 valence electrons. The molecule has 1 aliphatic heterocycles. The third-order valence-electron chi connectivity index (χ3n) is 0.906. The fraction of sp³-hybridized carbons (Fsp3) is 0.400. The summed E-state index contributed by atoms with van der Waals surface area (Å²) in [6.07, 6.45) is 3.38. The molecule has 0 aromatic heterocycles. The highest BCUT2D eigenvalue weighted by Crippen LogP contribution is 1.91. The summed E-state index contributed by atoms with van der Waals surface area (Å²) in [6.45, 7) is 1.93. The third kappa shape index (κ3) is 0.796. The Bertz CT molecular complexity index is 117. The molecule has 0 saturated heterocycles. The molecule has 0 aromatic carbocycles. The van der Waals surface area contributed by atoms with E-state index in [1.54, 1.807) is 6.08 Å². The van der Waals surface area contributed by atoms with Crippen LogP contribution in [0.1, 0.15) is 6.92 Å². The predicted molar refractivity (Wildman–Crippen MR) is 26.7 cm³/mol. The van der Waals surface area contributed by atoms with Crippen LogP contribution in [0.3, 0.4) is 0 Å². The van der Waals surface area contributed by atoms with Crippen LogP contribution in [0.2, 0.25) is 0 Å². The summed E-state index contributed by atoms with van der Waals surface area (Å²) in [6, 6.07) is 0.243. The summed E-state index contributed by atoms with van der Waals surface area (Å²) < 4.78 is 0. The van der Waals surface area contributed by atoms with Crippen molar-refractivity contribution in [3.05, 3.63) is 12.2 Å². The monoisotopic (exact) mass is 97.1 g/mol. The summed E-state index contributed by atoms with van der Waals surface area (Å²) in [5, 5.41) is 2.67. The fourth-order valence-electron chi connectivity index (χ4n) is 0.552. The third-order valence-corrected chi connectivity index (χ3v) is 0.906. The highest BCUT2D eigenvalue weighted by atomic mass is 16.1. The van der Waals surface area contributed by atoms with Gasteiger partial charge in [0.05, 0.1) is 0 Å². The summed E-state index contributed by atoms with van der Waals surface area (Å²) in [5.41, 5.74) is 0. The van der Waals surface area contributed by atoms with Crippen molar-refractivity contribution in [1.82, 2.24) is 5.32 Å². The second kappa shape index (κ2) is 1.37. The normalized spacial score (nSPS) is 28.1. The molecular formula is C5H7NO. The summed E-state index contributed by atoms with van der Waals surface area (Å²) in [7, 11) is 0. The van der Waals surface area contributed by atoms with Crippen molar-refractivity contribution < 1.29 is 4.79 Å². The number of hydrogen-bond acceptors (Lipinski definition) is 1. The van der Waals surface area contributed by atoms with Gasteiger partial charge in [0.25, 0.3) is 0 Å². The standard InChI is InChI=1S/C5H7NO/c1-4-2-3-5(7)6-4/h2-4H,1H3,(H,6,7)/t4-/m0/s1. The van der Waals surface area contributed by atoms with E-state index in [9.17, 15) is 4.79 Å². The van der Waals surface area contributed by atoms with Crippen LogP contribution >= 0.6 is 0 Å². The Labute approximate surface area is 42.2 Å². The lowest BCUT2D eigenvalue weighted by Crippen LogP contribution is -2.22. The lowest BCUT2D eigenvalue weighted by molar-refractivity contribution is -0.116. The van der Waals surface area contributed by atoms with Gasteiger partial charge >= 0.3 is 0 Å². The molecule has 0 bridgehead atoms. The lowest BCUT2D eigenvalue weighted by atomic mass is 10.4. The maximum Gasteiger partial charge on any atom is 0.244 e. The van der Waals surface area contributed by atoms with Gasteiger partial charge in [-0.3, -0.25) is 4.79 Å². The Hall–Kier alpha value is -0.790. The number of rotatable bonds is 0. The van der Waals surface area contributed by atoms with E-state index in [1.165, 1.54) is 0 Å². The molecule has 1 N–H and O–H groups in total. The van der Waals surface area contributed by atoms with Crippen molar-refractivity contribution in [2.75, 3.05) is 0 Å². The van der Waals surface area contributed by atoms with Crippen molar-refractivity contribution in [3.63, 3.8) is 0 Å². The Morgan fingerprint density at radius 2 is 2.57 bits per heavy atom. The Kier molecular flexibility index (Phi) is 0.855.